The lowest BCUT2D eigenvalue weighted by atomic mass is 10.1. The number of hydrogen-bond acceptors (Lipinski definition) is 6. The standard InChI is InChI=1S/C20H18N2O6/c23-18(24)8-9-21-20(26)15(22-19(25)14-4-2-1-3-5-14)10-13-6-7-16-17(11-13)28-12-27-16/h1-7,10-11H,8-9,12H2,(H,21,26)(H,22,25)(H,23,24)/p-1/b15-10+. The summed E-state index contributed by atoms with van der Waals surface area (Å²) in [4.78, 5) is 35.4. The molecule has 0 fully saturated rings. The number of fused-ring (bicyclic) bond motifs is 1. The molecule has 3 rings (SSSR count). The molecule has 28 heavy (non-hydrogen) atoms. The van der Waals surface area contributed by atoms with E-state index < -0.39 is 17.8 Å². The van der Waals surface area contributed by atoms with Gasteiger partial charge in [-0.05, 0) is 35.9 Å². The summed E-state index contributed by atoms with van der Waals surface area (Å²) in [7, 11) is 0. The number of amides is 2. The van der Waals surface area contributed by atoms with Crippen LogP contribution < -0.4 is 25.2 Å². The molecule has 1 heterocycles. The van der Waals surface area contributed by atoms with Crippen LogP contribution in [0.15, 0.2) is 54.2 Å². The van der Waals surface area contributed by atoms with Crippen LogP contribution in [0, 0.1) is 0 Å². The summed E-state index contributed by atoms with van der Waals surface area (Å²) in [6.45, 7) is -0.00926. The summed E-state index contributed by atoms with van der Waals surface area (Å²) in [5.74, 6) is -1.26. The maximum atomic E-state index is 12.5. The van der Waals surface area contributed by atoms with E-state index >= 15 is 0 Å². The third-order valence-electron chi connectivity index (χ3n) is 3.85. The molecule has 0 saturated carbocycles. The first-order valence-electron chi connectivity index (χ1n) is 8.49. The molecule has 0 aliphatic carbocycles. The van der Waals surface area contributed by atoms with Gasteiger partial charge in [-0.15, -0.1) is 0 Å². The second-order valence-electron chi connectivity index (χ2n) is 5.87. The van der Waals surface area contributed by atoms with Gasteiger partial charge in [0, 0.05) is 24.5 Å². The fourth-order valence-electron chi connectivity index (χ4n) is 2.49. The third-order valence-corrected chi connectivity index (χ3v) is 3.85. The summed E-state index contributed by atoms with van der Waals surface area (Å²) < 4.78 is 10.6. The van der Waals surface area contributed by atoms with E-state index in [-0.39, 0.29) is 25.5 Å². The smallest absolute Gasteiger partial charge is 0.267 e. The molecule has 0 aromatic heterocycles. The fourth-order valence-corrected chi connectivity index (χ4v) is 2.49. The van der Waals surface area contributed by atoms with Crippen molar-refractivity contribution in [2.75, 3.05) is 13.3 Å². The molecule has 0 unspecified atom stereocenters. The van der Waals surface area contributed by atoms with Gasteiger partial charge in [0.2, 0.25) is 6.79 Å². The van der Waals surface area contributed by atoms with Crippen molar-refractivity contribution in [3.8, 4) is 11.5 Å². The number of ether oxygens (including phenoxy) is 2. The Morgan fingerprint density at radius 1 is 1.04 bits per heavy atom. The van der Waals surface area contributed by atoms with E-state index in [9.17, 15) is 19.5 Å². The number of carboxylic acids is 1. The molecule has 0 atom stereocenters. The Labute approximate surface area is 160 Å². The molecule has 8 heteroatoms. The lowest BCUT2D eigenvalue weighted by Gasteiger charge is -2.12. The number of carbonyl (C=O) groups is 3. The second kappa shape index (κ2) is 8.72. The molecule has 1 aliphatic heterocycles. The maximum absolute atomic E-state index is 12.5. The highest BCUT2D eigenvalue weighted by molar-refractivity contribution is 6.05. The van der Waals surface area contributed by atoms with E-state index in [1.165, 1.54) is 6.08 Å². The predicted molar refractivity (Wildman–Crippen MR) is 97.1 cm³/mol. The highest BCUT2D eigenvalue weighted by Gasteiger charge is 2.16. The average molecular weight is 381 g/mol. The van der Waals surface area contributed by atoms with Gasteiger partial charge >= 0.3 is 0 Å². The summed E-state index contributed by atoms with van der Waals surface area (Å²) >= 11 is 0. The van der Waals surface area contributed by atoms with E-state index in [4.69, 9.17) is 9.47 Å². The molecule has 1 aliphatic rings. The Morgan fingerprint density at radius 3 is 2.54 bits per heavy atom. The van der Waals surface area contributed by atoms with Gasteiger partial charge in [-0.1, -0.05) is 24.3 Å². The Balaban J connectivity index is 1.82. The minimum Gasteiger partial charge on any atom is -0.550 e. The highest BCUT2D eigenvalue weighted by Crippen LogP contribution is 2.33. The van der Waals surface area contributed by atoms with Crippen molar-refractivity contribution < 1.29 is 29.0 Å². The number of nitrogens with one attached hydrogen (secondary N) is 2. The summed E-state index contributed by atoms with van der Waals surface area (Å²) in [5, 5.41) is 15.5. The first kappa shape index (κ1) is 19.0. The molecule has 2 amide bonds. The number of rotatable bonds is 7. The first-order valence-corrected chi connectivity index (χ1v) is 8.49. The molecule has 0 saturated heterocycles. The average Bonchev–Trinajstić information content (AvgIpc) is 3.15. The quantitative estimate of drug-likeness (QED) is 0.673. The Morgan fingerprint density at radius 2 is 1.79 bits per heavy atom. The van der Waals surface area contributed by atoms with Gasteiger partial charge < -0.3 is 30.0 Å². The first-order chi connectivity index (χ1) is 13.5. The van der Waals surface area contributed by atoms with Gasteiger partial charge in [0.05, 0.1) is 0 Å². The van der Waals surface area contributed by atoms with E-state index in [0.717, 1.165) is 0 Å². The normalized spacial score (nSPS) is 12.4. The van der Waals surface area contributed by atoms with Gasteiger partial charge in [-0.2, -0.15) is 0 Å². The van der Waals surface area contributed by atoms with Crippen molar-refractivity contribution in [1.82, 2.24) is 10.6 Å². The van der Waals surface area contributed by atoms with Crippen molar-refractivity contribution in [3.63, 3.8) is 0 Å². The van der Waals surface area contributed by atoms with Gasteiger partial charge in [0.25, 0.3) is 11.8 Å². The summed E-state index contributed by atoms with van der Waals surface area (Å²) in [5.41, 5.74) is 0.940. The Hall–Kier alpha value is -3.81. The van der Waals surface area contributed by atoms with Crippen molar-refractivity contribution in [2.45, 2.75) is 6.42 Å². The van der Waals surface area contributed by atoms with Gasteiger partial charge in [-0.25, -0.2) is 0 Å². The number of carboxylic acid groups (broad SMARTS) is 1. The van der Waals surface area contributed by atoms with Crippen LogP contribution in [0.1, 0.15) is 22.3 Å². The van der Waals surface area contributed by atoms with Crippen LogP contribution >= 0.6 is 0 Å². The van der Waals surface area contributed by atoms with Crippen LogP contribution in [0.4, 0.5) is 0 Å². The zero-order valence-electron chi connectivity index (χ0n) is 14.8. The molecule has 144 valence electrons. The van der Waals surface area contributed by atoms with Crippen LogP contribution in [0.25, 0.3) is 6.08 Å². The molecule has 0 radical (unpaired) electrons. The van der Waals surface area contributed by atoms with Gasteiger partial charge in [-0.3, -0.25) is 9.59 Å². The largest absolute Gasteiger partial charge is 0.550 e. The lowest BCUT2D eigenvalue weighted by molar-refractivity contribution is -0.305. The number of benzene rings is 2. The van der Waals surface area contributed by atoms with Crippen LogP contribution in [0.3, 0.4) is 0 Å². The minimum atomic E-state index is -1.28. The zero-order chi connectivity index (χ0) is 19.9. The minimum absolute atomic E-state index is 0.0360. The SMILES string of the molecule is O=C([O-])CCNC(=O)/C(=C\c1ccc2c(c1)OCO2)NC(=O)c1ccccc1. The number of carbonyl (C=O) groups excluding carboxylic acids is 3. The van der Waals surface area contributed by atoms with Crippen LogP contribution in [0.2, 0.25) is 0 Å². The zero-order valence-corrected chi connectivity index (χ0v) is 14.8. The van der Waals surface area contributed by atoms with Crippen molar-refractivity contribution in [1.29, 1.82) is 0 Å². The molecule has 2 aromatic rings. The molecular weight excluding hydrogens is 364 g/mol. The Bertz CT molecular complexity index is 924. The third kappa shape index (κ3) is 4.88. The number of hydrogen-bond donors (Lipinski definition) is 2. The highest BCUT2D eigenvalue weighted by atomic mass is 16.7. The van der Waals surface area contributed by atoms with Crippen LogP contribution in [-0.4, -0.2) is 31.1 Å². The lowest BCUT2D eigenvalue weighted by Crippen LogP contribution is -2.37. The van der Waals surface area contributed by atoms with E-state index in [1.54, 1.807) is 48.5 Å². The van der Waals surface area contributed by atoms with E-state index in [0.29, 0.717) is 22.6 Å². The molecule has 8 nitrogen and oxygen atoms in total. The Kier molecular flexibility index (Phi) is 5.91. The molecule has 0 spiro atoms. The van der Waals surface area contributed by atoms with Crippen LogP contribution in [0.5, 0.6) is 11.5 Å². The van der Waals surface area contributed by atoms with E-state index in [2.05, 4.69) is 10.6 Å². The van der Waals surface area contributed by atoms with Crippen molar-refractivity contribution in [3.05, 3.63) is 65.4 Å². The second-order valence-corrected chi connectivity index (χ2v) is 5.87. The summed E-state index contributed by atoms with van der Waals surface area (Å²) in [6.07, 6.45) is 1.13. The molecule has 0 bridgehead atoms. The summed E-state index contributed by atoms with van der Waals surface area (Å²) in [6, 6.07) is 13.5. The van der Waals surface area contributed by atoms with Gasteiger partial charge in [0.1, 0.15) is 5.70 Å². The van der Waals surface area contributed by atoms with E-state index in [1.807, 2.05) is 0 Å². The molecular formula is C20H17N2O6-. The molecule has 2 aromatic carbocycles. The predicted octanol–water partition coefficient (Wildman–Crippen LogP) is 0.442. The fraction of sp³-hybridized carbons (Fsp3) is 0.150. The van der Waals surface area contributed by atoms with Crippen molar-refractivity contribution >= 4 is 23.9 Å². The number of aliphatic carboxylic acids is 1. The van der Waals surface area contributed by atoms with Crippen molar-refractivity contribution in [2.24, 2.45) is 0 Å². The molecule has 2 N–H and O–H groups in total. The monoisotopic (exact) mass is 381 g/mol. The topological polar surface area (TPSA) is 117 Å². The van der Waals surface area contributed by atoms with Crippen LogP contribution in [-0.2, 0) is 9.59 Å². The van der Waals surface area contributed by atoms with Gasteiger partial charge in [0.15, 0.2) is 11.5 Å². The maximum Gasteiger partial charge on any atom is 0.267 e.